The van der Waals surface area contributed by atoms with Crippen molar-refractivity contribution in [2.45, 2.75) is 31.6 Å². The highest BCUT2D eigenvalue weighted by atomic mass is 32.2. The van der Waals surface area contributed by atoms with Crippen molar-refractivity contribution in [1.29, 1.82) is 0 Å². The summed E-state index contributed by atoms with van der Waals surface area (Å²) in [6.07, 6.45) is 1.08. The van der Waals surface area contributed by atoms with E-state index in [0.717, 1.165) is 0 Å². The van der Waals surface area contributed by atoms with E-state index < -0.39 is 14.9 Å². The Labute approximate surface area is 117 Å². The van der Waals surface area contributed by atoms with Crippen molar-refractivity contribution in [2.75, 3.05) is 6.61 Å². The third kappa shape index (κ3) is 5.64. The fourth-order valence-corrected chi connectivity index (χ4v) is 3.18. The number of nitrogens with one attached hydrogen (secondary N) is 1. The SMILES string of the molecule is CC(CCCO)NS(=O)(=O)Cc1ccc([N+](=O)[O-])cc1. The molecule has 8 heteroatoms. The van der Waals surface area contributed by atoms with Crippen LogP contribution in [0.25, 0.3) is 0 Å². The van der Waals surface area contributed by atoms with E-state index in [4.69, 9.17) is 5.11 Å². The maximum Gasteiger partial charge on any atom is 0.269 e. The van der Waals surface area contributed by atoms with Crippen molar-refractivity contribution in [2.24, 2.45) is 0 Å². The van der Waals surface area contributed by atoms with Crippen LogP contribution in [0.3, 0.4) is 0 Å². The molecule has 1 aromatic rings. The molecule has 0 aliphatic rings. The highest BCUT2D eigenvalue weighted by Gasteiger charge is 2.15. The third-order valence-electron chi connectivity index (χ3n) is 2.68. The van der Waals surface area contributed by atoms with E-state index in [0.29, 0.717) is 18.4 Å². The lowest BCUT2D eigenvalue weighted by Crippen LogP contribution is -2.33. The quantitative estimate of drug-likeness (QED) is 0.553. The van der Waals surface area contributed by atoms with Gasteiger partial charge in [-0.2, -0.15) is 0 Å². The van der Waals surface area contributed by atoms with Gasteiger partial charge in [0.1, 0.15) is 0 Å². The Morgan fingerprint density at radius 3 is 2.45 bits per heavy atom. The Bertz CT molecular complexity index is 541. The van der Waals surface area contributed by atoms with Crippen LogP contribution in [0.1, 0.15) is 25.3 Å². The average Bonchev–Trinajstić information content (AvgIpc) is 2.35. The number of hydrogen-bond acceptors (Lipinski definition) is 5. The number of aliphatic hydroxyl groups is 1. The van der Waals surface area contributed by atoms with E-state index in [-0.39, 0.29) is 24.1 Å². The van der Waals surface area contributed by atoms with Gasteiger partial charge < -0.3 is 5.11 Å². The van der Waals surface area contributed by atoms with E-state index in [1.165, 1.54) is 24.3 Å². The van der Waals surface area contributed by atoms with Crippen molar-refractivity contribution in [1.82, 2.24) is 4.72 Å². The molecule has 0 amide bonds. The van der Waals surface area contributed by atoms with Crippen LogP contribution in [0.4, 0.5) is 5.69 Å². The number of hydrogen-bond donors (Lipinski definition) is 2. The molecule has 0 bridgehead atoms. The summed E-state index contributed by atoms with van der Waals surface area (Å²) in [5.41, 5.74) is 0.410. The van der Waals surface area contributed by atoms with Gasteiger partial charge in [-0.3, -0.25) is 10.1 Å². The van der Waals surface area contributed by atoms with Crippen molar-refractivity contribution in [3.05, 3.63) is 39.9 Å². The average molecular weight is 302 g/mol. The van der Waals surface area contributed by atoms with Gasteiger partial charge >= 0.3 is 0 Å². The molecular weight excluding hydrogens is 284 g/mol. The summed E-state index contributed by atoms with van der Waals surface area (Å²) in [4.78, 5) is 9.96. The predicted octanol–water partition coefficient (Wildman–Crippen LogP) is 1.18. The lowest BCUT2D eigenvalue weighted by Gasteiger charge is -2.13. The first-order chi connectivity index (χ1) is 9.34. The molecule has 0 fully saturated rings. The standard InChI is InChI=1S/C12H18N2O5S/c1-10(3-2-8-15)13-20(18,19)9-11-4-6-12(7-5-11)14(16)17/h4-7,10,13,15H,2-3,8-9H2,1H3. The monoisotopic (exact) mass is 302 g/mol. The second-order valence-corrected chi connectivity index (χ2v) is 6.32. The van der Waals surface area contributed by atoms with Crippen LogP contribution in [0.15, 0.2) is 24.3 Å². The first-order valence-electron chi connectivity index (χ1n) is 6.18. The van der Waals surface area contributed by atoms with E-state index in [1.807, 2.05) is 0 Å². The number of nitro groups is 1. The number of benzene rings is 1. The van der Waals surface area contributed by atoms with Crippen LogP contribution in [0.5, 0.6) is 0 Å². The molecule has 7 nitrogen and oxygen atoms in total. The Hall–Kier alpha value is -1.51. The fraction of sp³-hybridized carbons (Fsp3) is 0.500. The van der Waals surface area contributed by atoms with Crippen LogP contribution in [-0.4, -0.2) is 31.1 Å². The first-order valence-corrected chi connectivity index (χ1v) is 7.83. The van der Waals surface area contributed by atoms with Crippen molar-refractivity contribution in [3.63, 3.8) is 0 Å². The van der Waals surface area contributed by atoms with Gasteiger partial charge in [-0.25, -0.2) is 13.1 Å². The van der Waals surface area contributed by atoms with E-state index in [9.17, 15) is 18.5 Å². The van der Waals surface area contributed by atoms with Gasteiger partial charge in [0.25, 0.3) is 5.69 Å². The van der Waals surface area contributed by atoms with Gasteiger partial charge in [0, 0.05) is 24.8 Å². The molecule has 0 saturated heterocycles. The molecule has 0 aliphatic carbocycles. The smallest absolute Gasteiger partial charge is 0.269 e. The van der Waals surface area contributed by atoms with Crippen LogP contribution < -0.4 is 4.72 Å². The Morgan fingerprint density at radius 2 is 1.95 bits per heavy atom. The second kappa shape index (κ2) is 7.32. The number of nitro benzene ring substituents is 1. The lowest BCUT2D eigenvalue weighted by atomic mass is 10.2. The number of nitrogens with zero attached hydrogens (tertiary/aromatic N) is 1. The molecule has 1 aromatic carbocycles. The summed E-state index contributed by atoms with van der Waals surface area (Å²) < 4.78 is 26.3. The Balaban J connectivity index is 2.64. The number of aliphatic hydroxyl groups excluding tert-OH is 1. The highest BCUT2D eigenvalue weighted by molar-refractivity contribution is 7.88. The summed E-state index contributed by atoms with van der Waals surface area (Å²) in [5, 5.41) is 19.2. The van der Waals surface area contributed by atoms with Crippen LogP contribution in [-0.2, 0) is 15.8 Å². The van der Waals surface area contributed by atoms with Crippen molar-refractivity contribution >= 4 is 15.7 Å². The topological polar surface area (TPSA) is 110 Å². The van der Waals surface area contributed by atoms with Crippen molar-refractivity contribution in [3.8, 4) is 0 Å². The molecule has 1 unspecified atom stereocenters. The largest absolute Gasteiger partial charge is 0.396 e. The summed E-state index contributed by atoms with van der Waals surface area (Å²) in [6, 6.07) is 5.15. The summed E-state index contributed by atoms with van der Waals surface area (Å²) in [7, 11) is -3.50. The lowest BCUT2D eigenvalue weighted by molar-refractivity contribution is -0.384. The summed E-state index contributed by atoms with van der Waals surface area (Å²) in [6.45, 7) is 1.75. The molecule has 0 radical (unpaired) electrons. The zero-order valence-corrected chi connectivity index (χ0v) is 12.0. The molecule has 0 spiro atoms. The molecular formula is C12H18N2O5S. The number of non-ortho nitro benzene ring substituents is 1. The van der Waals surface area contributed by atoms with Crippen LogP contribution >= 0.6 is 0 Å². The van der Waals surface area contributed by atoms with Gasteiger partial charge in [-0.05, 0) is 25.3 Å². The predicted molar refractivity (Wildman–Crippen MR) is 74.6 cm³/mol. The number of sulfonamides is 1. The minimum absolute atomic E-state index is 0.0222. The molecule has 2 N–H and O–H groups in total. The van der Waals surface area contributed by atoms with Crippen molar-refractivity contribution < 1.29 is 18.4 Å². The maximum atomic E-state index is 11.9. The third-order valence-corrected chi connectivity index (χ3v) is 4.15. The molecule has 0 aliphatic heterocycles. The molecule has 0 aromatic heterocycles. The Kier molecular flexibility index (Phi) is 6.05. The molecule has 20 heavy (non-hydrogen) atoms. The van der Waals surface area contributed by atoms with Gasteiger partial charge in [0.2, 0.25) is 10.0 Å². The minimum Gasteiger partial charge on any atom is -0.396 e. The summed E-state index contributed by atoms with van der Waals surface area (Å²) >= 11 is 0. The zero-order valence-electron chi connectivity index (χ0n) is 11.2. The zero-order chi connectivity index (χ0) is 15.2. The summed E-state index contributed by atoms with van der Waals surface area (Å²) in [5.74, 6) is -0.228. The van der Waals surface area contributed by atoms with E-state index in [1.54, 1.807) is 6.92 Å². The van der Waals surface area contributed by atoms with E-state index in [2.05, 4.69) is 4.72 Å². The van der Waals surface area contributed by atoms with Gasteiger partial charge in [-0.15, -0.1) is 0 Å². The second-order valence-electron chi connectivity index (χ2n) is 4.57. The Morgan fingerprint density at radius 1 is 1.35 bits per heavy atom. The minimum atomic E-state index is -3.50. The van der Waals surface area contributed by atoms with Crippen LogP contribution in [0, 0.1) is 10.1 Å². The molecule has 1 atom stereocenters. The molecule has 0 heterocycles. The van der Waals surface area contributed by atoms with Crippen LogP contribution in [0.2, 0.25) is 0 Å². The molecule has 112 valence electrons. The highest BCUT2D eigenvalue weighted by Crippen LogP contribution is 2.14. The van der Waals surface area contributed by atoms with Gasteiger partial charge in [0.05, 0.1) is 10.7 Å². The van der Waals surface area contributed by atoms with Gasteiger partial charge in [-0.1, -0.05) is 12.1 Å². The van der Waals surface area contributed by atoms with Gasteiger partial charge in [0.15, 0.2) is 0 Å². The number of rotatable bonds is 8. The first kappa shape index (κ1) is 16.5. The normalized spacial score (nSPS) is 13.1. The molecule has 0 saturated carbocycles. The molecule has 1 rings (SSSR count). The maximum absolute atomic E-state index is 11.9. The van der Waals surface area contributed by atoms with E-state index >= 15 is 0 Å². The fourth-order valence-electron chi connectivity index (χ4n) is 1.74.